The molecule has 2 nitrogen and oxygen atoms in total. The fraction of sp³-hybridized carbons (Fsp3) is 0.250. The molecule has 0 saturated heterocycles. The number of hydrogen-bond donors (Lipinski definition) is 1. The van der Waals surface area contributed by atoms with Gasteiger partial charge in [-0.2, -0.15) is 0 Å². The Hall–Kier alpha value is -0.970. The van der Waals surface area contributed by atoms with E-state index in [2.05, 4.69) is 28.1 Å². The molecule has 2 aromatic rings. The monoisotopic (exact) mass is 352 g/mol. The van der Waals surface area contributed by atoms with E-state index in [0.717, 1.165) is 21.5 Å². The van der Waals surface area contributed by atoms with Crippen molar-refractivity contribution in [1.82, 2.24) is 0 Å². The zero-order valence-electron chi connectivity index (χ0n) is 11.3. The number of thioether (sulfide) groups is 1. The molecule has 0 fully saturated rings. The van der Waals surface area contributed by atoms with E-state index in [1.165, 1.54) is 4.90 Å². The quantitative estimate of drug-likeness (QED) is 0.604. The molecule has 0 aliphatic carbocycles. The maximum absolute atomic E-state index is 9.73. The second-order valence-corrected chi connectivity index (χ2v) is 6.45. The first-order valence-electron chi connectivity index (χ1n) is 6.45. The first-order valence-corrected chi connectivity index (χ1v) is 8.23. The molecule has 4 heteroatoms. The second-order valence-electron chi connectivity index (χ2n) is 4.37. The summed E-state index contributed by atoms with van der Waals surface area (Å²) in [4.78, 5) is 1.24. The van der Waals surface area contributed by atoms with Gasteiger partial charge >= 0.3 is 0 Å². The molecule has 1 atom stereocenters. The van der Waals surface area contributed by atoms with Crippen LogP contribution in [0.3, 0.4) is 0 Å². The van der Waals surface area contributed by atoms with E-state index in [1.54, 1.807) is 18.7 Å². The molecule has 0 saturated carbocycles. The van der Waals surface area contributed by atoms with Gasteiger partial charge in [-0.1, -0.05) is 40.2 Å². The standard InChI is InChI=1S/C16H17BrO2S/c1-12(18)15-8-7-13(17)11-16(15)19-9-10-20-14-5-3-2-4-6-14/h2-8,11-12,18H,9-10H2,1H3/t12-/m0/s1. The Kier molecular flexibility index (Phi) is 5.95. The lowest BCUT2D eigenvalue weighted by molar-refractivity contribution is 0.192. The number of aliphatic hydroxyl groups excluding tert-OH is 1. The van der Waals surface area contributed by atoms with Crippen LogP contribution in [0.4, 0.5) is 0 Å². The molecule has 0 amide bonds. The second kappa shape index (κ2) is 7.72. The molecule has 20 heavy (non-hydrogen) atoms. The zero-order chi connectivity index (χ0) is 14.4. The van der Waals surface area contributed by atoms with Gasteiger partial charge in [0.25, 0.3) is 0 Å². The van der Waals surface area contributed by atoms with Gasteiger partial charge < -0.3 is 9.84 Å². The lowest BCUT2D eigenvalue weighted by Gasteiger charge is -2.13. The molecule has 0 radical (unpaired) electrons. The predicted octanol–water partition coefficient (Wildman–Crippen LogP) is 4.67. The minimum absolute atomic E-state index is 0.528. The molecule has 2 aromatic carbocycles. The Bertz CT molecular complexity index is 543. The topological polar surface area (TPSA) is 29.5 Å². The van der Waals surface area contributed by atoms with Crippen LogP contribution in [0, 0.1) is 0 Å². The number of rotatable bonds is 6. The lowest BCUT2D eigenvalue weighted by atomic mass is 10.1. The Morgan fingerprint density at radius 2 is 1.95 bits per heavy atom. The van der Waals surface area contributed by atoms with Crippen molar-refractivity contribution >= 4 is 27.7 Å². The molecule has 1 N–H and O–H groups in total. The Morgan fingerprint density at radius 3 is 2.65 bits per heavy atom. The maximum Gasteiger partial charge on any atom is 0.126 e. The van der Waals surface area contributed by atoms with E-state index in [1.807, 2.05) is 36.4 Å². The maximum atomic E-state index is 9.73. The fourth-order valence-corrected chi connectivity index (χ4v) is 2.90. The van der Waals surface area contributed by atoms with Gasteiger partial charge in [0.15, 0.2) is 0 Å². The molecule has 0 aromatic heterocycles. The third-order valence-corrected chi connectivity index (χ3v) is 4.25. The van der Waals surface area contributed by atoms with Crippen LogP contribution >= 0.6 is 27.7 Å². The van der Waals surface area contributed by atoms with Crippen LogP contribution in [0.2, 0.25) is 0 Å². The molecule has 106 valence electrons. The van der Waals surface area contributed by atoms with Crippen molar-refractivity contribution in [2.45, 2.75) is 17.9 Å². The summed E-state index contributed by atoms with van der Waals surface area (Å²) in [5.41, 5.74) is 0.818. The van der Waals surface area contributed by atoms with Gasteiger partial charge in [-0.25, -0.2) is 0 Å². The lowest BCUT2D eigenvalue weighted by Crippen LogP contribution is -2.04. The third-order valence-electron chi connectivity index (χ3n) is 2.78. The molecular weight excluding hydrogens is 336 g/mol. The van der Waals surface area contributed by atoms with E-state index in [4.69, 9.17) is 4.74 Å². The Labute approximate surface area is 132 Å². The van der Waals surface area contributed by atoms with Gasteiger partial charge in [0.2, 0.25) is 0 Å². The molecular formula is C16H17BrO2S. The summed E-state index contributed by atoms with van der Waals surface area (Å²) in [5.74, 6) is 1.61. The van der Waals surface area contributed by atoms with Crippen LogP contribution in [-0.4, -0.2) is 17.5 Å². The third kappa shape index (κ3) is 4.54. The van der Waals surface area contributed by atoms with Crippen molar-refractivity contribution < 1.29 is 9.84 Å². The van der Waals surface area contributed by atoms with Gasteiger partial charge in [0.05, 0.1) is 12.7 Å². The van der Waals surface area contributed by atoms with Crippen LogP contribution in [0.15, 0.2) is 57.9 Å². The highest BCUT2D eigenvalue weighted by molar-refractivity contribution is 9.10. The molecule has 0 spiro atoms. The zero-order valence-corrected chi connectivity index (χ0v) is 13.7. The van der Waals surface area contributed by atoms with Crippen LogP contribution in [-0.2, 0) is 0 Å². The number of hydrogen-bond acceptors (Lipinski definition) is 3. The normalized spacial score (nSPS) is 12.2. The molecule has 0 unspecified atom stereocenters. The van der Waals surface area contributed by atoms with Crippen molar-refractivity contribution in [3.05, 3.63) is 58.6 Å². The van der Waals surface area contributed by atoms with Crippen LogP contribution in [0.1, 0.15) is 18.6 Å². The van der Waals surface area contributed by atoms with Gasteiger partial charge in [0.1, 0.15) is 5.75 Å². The van der Waals surface area contributed by atoms with E-state index >= 15 is 0 Å². The van der Waals surface area contributed by atoms with Crippen molar-refractivity contribution in [2.75, 3.05) is 12.4 Å². The van der Waals surface area contributed by atoms with Crippen LogP contribution < -0.4 is 4.74 Å². The van der Waals surface area contributed by atoms with Crippen molar-refractivity contribution in [3.63, 3.8) is 0 Å². The van der Waals surface area contributed by atoms with Crippen LogP contribution in [0.25, 0.3) is 0 Å². The largest absolute Gasteiger partial charge is 0.492 e. The Morgan fingerprint density at radius 1 is 1.20 bits per heavy atom. The fourth-order valence-electron chi connectivity index (χ4n) is 1.81. The first-order chi connectivity index (χ1) is 9.66. The van der Waals surface area contributed by atoms with Gasteiger partial charge in [0, 0.05) is 20.7 Å². The molecule has 0 aliphatic rings. The molecule has 0 aliphatic heterocycles. The summed E-state index contributed by atoms with van der Waals surface area (Å²) in [5, 5.41) is 9.73. The van der Waals surface area contributed by atoms with Crippen molar-refractivity contribution in [1.29, 1.82) is 0 Å². The number of ether oxygens (including phenoxy) is 1. The number of halogens is 1. The number of benzene rings is 2. The molecule has 0 heterocycles. The summed E-state index contributed by atoms with van der Waals surface area (Å²) < 4.78 is 6.74. The van der Waals surface area contributed by atoms with E-state index in [0.29, 0.717) is 6.61 Å². The SMILES string of the molecule is C[C@H](O)c1ccc(Br)cc1OCCSc1ccccc1. The van der Waals surface area contributed by atoms with Crippen LogP contribution in [0.5, 0.6) is 5.75 Å². The minimum Gasteiger partial charge on any atom is -0.492 e. The van der Waals surface area contributed by atoms with Gasteiger partial charge in [-0.15, -0.1) is 11.8 Å². The minimum atomic E-state index is -0.528. The van der Waals surface area contributed by atoms with Gasteiger partial charge in [-0.05, 0) is 31.2 Å². The van der Waals surface area contributed by atoms with E-state index in [-0.39, 0.29) is 0 Å². The first kappa shape index (κ1) is 15.4. The average Bonchev–Trinajstić information content (AvgIpc) is 2.44. The van der Waals surface area contributed by atoms with Crippen molar-refractivity contribution in [3.8, 4) is 5.75 Å². The van der Waals surface area contributed by atoms with Gasteiger partial charge in [-0.3, -0.25) is 0 Å². The highest BCUT2D eigenvalue weighted by atomic mass is 79.9. The summed E-state index contributed by atoms with van der Waals surface area (Å²) >= 11 is 5.18. The molecule has 0 bridgehead atoms. The summed E-state index contributed by atoms with van der Waals surface area (Å²) in [7, 11) is 0. The summed E-state index contributed by atoms with van der Waals surface area (Å²) in [6, 6.07) is 15.9. The average molecular weight is 353 g/mol. The van der Waals surface area contributed by atoms with E-state index in [9.17, 15) is 5.11 Å². The molecule has 2 rings (SSSR count). The van der Waals surface area contributed by atoms with E-state index < -0.39 is 6.10 Å². The smallest absolute Gasteiger partial charge is 0.126 e. The number of aliphatic hydroxyl groups is 1. The summed E-state index contributed by atoms with van der Waals surface area (Å²) in [6.07, 6.45) is -0.528. The summed E-state index contributed by atoms with van der Waals surface area (Å²) in [6.45, 7) is 2.35. The van der Waals surface area contributed by atoms with Crippen molar-refractivity contribution in [2.24, 2.45) is 0 Å². The Balaban J connectivity index is 1.89. The highest BCUT2D eigenvalue weighted by Crippen LogP contribution is 2.29. The predicted molar refractivity (Wildman–Crippen MR) is 87.4 cm³/mol. The highest BCUT2D eigenvalue weighted by Gasteiger charge is 2.09.